The van der Waals surface area contributed by atoms with Crippen LogP contribution < -0.4 is 5.32 Å². The highest BCUT2D eigenvalue weighted by Crippen LogP contribution is 2.21. The Balaban J connectivity index is 1.17. The van der Waals surface area contributed by atoms with Crippen LogP contribution in [0.25, 0.3) is 10.9 Å². The van der Waals surface area contributed by atoms with Gasteiger partial charge in [0.1, 0.15) is 6.10 Å². The summed E-state index contributed by atoms with van der Waals surface area (Å²) >= 11 is 0. The quantitative estimate of drug-likeness (QED) is 0.773. The van der Waals surface area contributed by atoms with Crippen molar-refractivity contribution < 1.29 is 9.63 Å². The molecule has 28 heavy (non-hydrogen) atoms. The minimum absolute atomic E-state index is 0.107. The number of carbonyl (C=O) groups excluding carboxylic acids is 1. The molecule has 1 aromatic heterocycles. The van der Waals surface area contributed by atoms with E-state index in [9.17, 15) is 4.79 Å². The lowest BCUT2D eigenvalue weighted by Crippen LogP contribution is -2.41. The molecule has 0 radical (unpaired) electrons. The normalized spacial score (nSPS) is 20.9. The van der Waals surface area contributed by atoms with Gasteiger partial charge in [-0.15, -0.1) is 0 Å². The van der Waals surface area contributed by atoms with E-state index in [2.05, 4.69) is 33.3 Å². The Hall–Kier alpha value is -2.34. The first-order valence-electron chi connectivity index (χ1n) is 10.5. The summed E-state index contributed by atoms with van der Waals surface area (Å²) in [6, 6.07) is 8.11. The number of piperidine rings is 1. The molecular weight excluding hydrogens is 352 g/mol. The van der Waals surface area contributed by atoms with Gasteiger partial charge >= 0.3 is 0 Å². The second-order valence-corrected chi connectivity index (χ2v) is 8.03. The number of nitrogens with zero attached hydrogens (tertiary/aromatic N) is 2. The topological polar surface area (TPSA) is 69.7 Å². The minimum Gasteiger partial charge on any atom is -0.391 e. The van der Waals surface area contributed by atoms with Gasteiger partial charge in [-0.2, -0.15) is 0 Å². The fraction of sp³-hybridized carbons (Fsp3) is 0.545. The smallest absolute Gasteiger partial charge is 0.224 e. The number of hydrogen-bond donors (Lipinski definition) is 2. The molecule has 1 fully saturated rings. The van der Waals surface area contributed by atoms with Crippen molar-refractivity contribution in [2.24, 2.45) is 11.1 Å². The van der Waals surface area contributed by atoms with Gasteiger partial charge in [-0.1, -0.05) is 30.3 Å². The zero-order valence-corrected chi connectivity index (χ0v) is 16.6. The van der Waals surface area contributed by atoms with Crippen molar-refractivity contribution in [1.29, 1.82) is 0 Å². The third-order valence-corrected chi connectivity index (χ3v) is 5.99. The van der Waals surface area contributed by atoms with Crippen molar-refractivity contribution in [1.82, 2.24) is 15.2 Å². The van der Waals surface area contributed by atoms with Crippen molar-refractivity contribution in [2.45, 2.75) is 45.1 Å². The van der Waals surface area contributed by atoms with Gasteiger partial charge in [-0.3, -0.25) is 9.69 Å². The predicted molar refractivity (Wildman–Crippen MR) is 111 cm³/mol. The third kappa shape index (κ3) is 4.55. The molecule has 6 nitrogen and oxygen atoms in total. The third-order valence-electron chi connectivity index (χ3n) is 5.99. The van der Waals surface area contributed by atoms with Crippen LogP contribution in [0.15, 0.2) is 35.6 Å². The molecule has 1 unspecified atom stereocenters. The maximum Gasteiger partial charge on any atom is 0.224 e. The number of likely N-dealkylation sites (tertiary alicyclic amines) is 1. The van der Waals surface area contributed by atoms with Gasteiger partial charge in [0.05, 0.1) is 12.1 Å². The van der Waals surface area contributed by atoms with Crippen molar-refractivity contribution >= 4 is 22.5 Å². The second-order valence-electron chi connectivity index (χ2n) is 8.03. The molecule has 1 atom stereocenters. The maximum atomic E-state index is 12.4. The lowest BCUT2D eigenvalue weighted by Gasteiger charge is -2.32. The Morgan fingerprint density at radius 1 is 1.32 bits per heavy atom. The molecule has 2 aliphatic rings. The summed E-state index contributed by atoms with van der Waals surface area (Å²) in [5.74, 6) is 0.672. The van der Waals surface area contributed by atoms with Gasteiger partial charge in [0, 0.05) is 36.6 Å². The molecule has 1 aromatic carbocycles. The van der Waals surface area contributed by atoms with E-state index in [1.165, 1.54) is 5.71 Å². The highest BCUT2D eigenvalue weighted by atomic mass is 16.6. The van der Waals surface area contributed by atoms with Gasteiger partial charge < -0.3 is 15.1 Å². The molecule has 2 aromatic rings. The molecule has 0 spiro atoms. The molecular formula is C22H30N4O2. The van der Waals surface area contributed by atoms with Crippen LogP contribution >= 0.6 is 0 Å². The number of benzene rings is 1. The Morgan fingerprint density at radius 3 is 2.93 bits per heavy atom. The average Bonchev–Trinajstić information content (AvgIpc) is 3.35. The van der Waals surface area contributed by atoms with E-state index >= 15 is 0 Å². The first-order chi connectivity index (χ1) is 13.7. The van der Waals surface area contributed by atoms with Crippen LogP contribution in [-0.2, 0) is 16.1 Å². The molecule has 0 aliphatic carbocycles. The number of rotatable bonds is 7. The lowest BCUT2D eigenvalue weighted by atomic mass is 9.96. The number of aromatic amines is 1. The van der Waals surface area contributed by atoms with Gasteiger partial charge in [0.2, 0.25) is 5.91 Å². The SMILES string of the molecule is CCC1=NOC(CN2CCC(CNC(=O)Cc3c[nH]c4ccccc34)CC2)C1. The van der Waals surface area contributed by atoms with E-state index in [0.717, 1.165) is 68.3 Å². The van der Waals surface area contributed by atoms with Crippen LogP contribution in [0.1, 0.15) is 38.2 Å². The number of H-pyrrole nitrogens is 1. The van der Waals surface area contributed by atoms with Crippen molar-refractivity contribution in [3.05, 3.63) is 36.0 Å². The molecule has 1 saturated heterocycles. The fourth-order valence-corrected chi connectivity index (χ4v) is 4.23. The first-order valence-corrected chi connectivity index (χ1v) is 10.5. The molecule has 2 aliphatic heterocycles. The summed E-state index contributed by atoms with van der Waals surface area (Å²) in [5, 5.41) is 8.43. The molecule has 0 saturated carbocycles. The van der Waals surface area contributed by atoms with E-state index < -0.39 is 0 Å². The summed E-state index contributed by atoms with van der Waals surface area (Å²) in [6.07, 6.45) is 6.81. The Bertz CT molecular complexity index is 836. The van der Waals surface area contributed by atoms with E-state index in [4.69, 9.17) is 4.84 Å². The molecule has 0 bridgehead atoms. The minimum atomic E-state index is 0.107. The number of carbonyl (C=O) groups is 1. The molecule has 6 heteroatoms. The zero-order chi connectivity index (χ0) is 19.3. The molecule has 150 valence electrons. The predicted octanol–water partition coefficient (Wildman–Crippen LogP) is 3.09. The number of hydrogen-bond acceptors (Lipinski definition) is 4. The maximum absolute atomic E-state index is 12.4. The van der Waals surface area contributed by atoms with Gasteiger partial charge in [-0.25, -0.2) is 0 Å². The number of para-hydroxylation sites is 1. The standard InChI is InChI=1S/C22H30N4O2/c1-2-18-12-19(28-25-18)15-26-9-7-16(8-10-26)13-24-22(27)11-17-14-23-21-6-4-3-5-20(17)21/h3-6,14,16,19,23H,2,7-13,15H2,1H3,(H,24,27). The van der Waals surface area contributed by atoms with Crippen molar-refractivity contribution in [2.75, 3.05) is 26.2 Å². The van der Waals surface area contributed by atoms with Crippen LogP contribution in [0.4, 0.5) is 0 Å². The van der Waals surface area contributed by atoms with E-state index in [1.54, 1.807) is 0 Å². The molecule has 3 heterocycles. The average molecular weight is 383 g/mol. The summed E-state index contributed by atoms with van der Waals surface area (Å²) < 4.78 is 0. The molecule has 2 N–H and O–H groups in total. The number of oxime groups is 1. The summed E-state index contributed by atoms with van der Waals surface area (Å²) in [5.41, 5.74) is 3.33. The molecule has 1 amide bonds. The highest BCUT2D eigenvalue weighted by molar-refractivity contribution is 5.88. The monoisotopic (exact) mass is 382 g/mol. The highest BCUT2D eigenvalue weighted by Gasteiger charge is 2.26. The lowest BCUT2D eigenvalue weighted by molar-refractivity contribution is -0.120. The Labute approximate surface area is 166 Å². The van der Waals surface area contributed by atoms with Crippen LogP contribution in [-0.4, -0.2) is 53.8 Å². The number of aromatic nitrogens is 1. The summed E-state index contributed by atoms with van der Waals surface area (Å²) in [4.78, 5) is 23.6. The van der Waals surface area contributed by atoms with E-state index in [-0.39, 0.29) is 12.0 Å². The molecule has 4 rings (SSSR count). The number of amides is 1. The van der Waals surface area contributed by atoms with E-state index in [0.29, 0.717) is 12.3 Å². The zero-order valence-electron chi connectivity index (χ0n) is 16.6. The first kappa shape index (κ1) is 19.0. The van der Waals surface area contributed by atoms with Gasteiger partial charge in [-0.05, 0) is 49.9 Å². The summed E-state index contributed by atoms with van der Waals surface area (Å²) in [7, 11) is 0. The van der Waals surface area contributed by atoms with Gasteiger partial charge in [0.15, 0.2) is 0 Å². The van der Waals surface area contributed by atoms with Crippen molar-refractivity contribution in [3.8, 4) is 0 Å². The van der Waals surface area contributed by atoms with Crippen LogP contribution in [0, 0.1) is 5.92 Å². The van der Waals surface area contributed by atoms with E-state index in [1.807, 2.05) is 24.4 Å². The number of nitrogens with one attached hydrogen (secondary N) is 2. The van der Waals surface area contributed by atoms with Crippen molar-refractivity contribution in [3.63, 3.8) is 0 Å². The van der Waals surface area contributed by atoms with Crippen LogP contribution in [0.2, 0.25) is 0 Å². The largest absolute Gasteiger partial charge is 0.391 e. The van der Waals surface area contributed by atoms with Crippen LogP contribution in [0.3, 0.4) is 0 Å². The summed E-state index contributed by atoms with van der Waals surface area (Å²) in [6.45, 7) is 6.02. The number of fused-ring (bicyclic) bond motifs is 1. The fourth-order valence-electron chi connectivity index (χ4n) is 4.23. The second kappa shape index (κ2) is 8.78. The Kier molecular flexibility index (Phi) is 5.95. The van der Waals surface area contributed by atoms with Crippen LogP contribution in [0.5, 0.6) is 0 Å². The Morgan fingerprint density at radius 2 is 2.14 bits per heavy atom. The van der Waals surface area contributed by atoms with Gasteiger partial charge in [0.25, 0.3) is 0 Å².